The lowest BCUT2D eigenvalue weighted by molar-refractivity contribution is -0.354. The van der Waals surface area contributed by atoms with E-state index in [0.717, 1.165) is 19.4 Å². The maximum Gasteiger partial charge on any atom is 0.394 e. The van der Waals surface area contributed by atoms with Gasteiger partial charge in [0.15, 0.2) is 18.2 Å². The van der Waals surface area contributed by atoms with E-state index in [-0.39, 0.29) is 50.5 Å². The number of aliphatic hydroxyl groups excluding tert-OH is 3. The van der Waals surface area contributed by atoms with Crippen LogP contribution in [0, 0.1) is 29.1 Å². The highest BCUT2D eigenvalue weighted by atomic mass is 35.5. The van der Waals surface area contributed by atoms with Crippen LogP contribution in [0.5, 0.6) is 0 Å². The first kappa shape index (κ1) is 57.1. The number of hydrogen-bond donors (Lipinski definition) is 10. The fourth-order valence-corrected chi connectivity index (χ4v) is 14.5. The number of allylic oxidation sites excluding steroid dienone is 1. The molecule has 0 aromatic heterocycles. The molecule has 4 bridgehead atoms. The lowest BCUT2D eigenvalue weighted by Gasteiger charge is -2.68. The first-order valence-corrected chi connectivity index (χ1v) is 25.5. The molecule has 69 heavy (non-hydrogen) atoms. The number of carbonyl (C=O) groups is 1. The fraction of sp³-hybridized carbons (Fsp3) is 0.935. The molecule has 5 heterocycles. The van der Waals surface area contributed by atoms with Crippen LogP contribution in [0.25, 0.3) is 0 Å². The van der Waals surface area contributed by atoms with Gasteiger partial charge in [-0.15, -0.1) is 12.4 Å². The van der Waals surface area contributed by atoms with E-state index in [1.807, 2.05) is 34.9 Å². The fourth-order valence-electron chi connectivity index (χ4n) is 14.5. The Kier molecular flexibility index (Phi) is 16.1. The molecule has 400 valence electrons. The van der Waals surface area contributed by atoms with Gasteiger partial charge in [-0.1, -0.05) is 19.9 Å². The zero-order chi connectivity index (χ0) is 50.6. The second-order valence-corrected chi connectivity index (χ2v) is 23.3. The molecule has 4 saturated carbocycles. The van der Waals surface area contributed by atoms with Crippen LogP contribution in [0.3, 0.4) is 0 Å². The van der Waals surface area contributed by atoms with Gasteiger partial charge in [-0.25, -0.2) is 4.79 Å². The van der Waals surface area contributed by atoms with Gasteiger partial charge in [0.05, 0.1) is 18.3 Å². The van der Waals surface area contributed by atoms with Crippen LogP contribution in [0.4, 0.5) is 0 Å². The molecule has 0 amide bonds. The van der Waals surface area contributed by atoms with E-state index in [4.69, 9.17) is 51.1 Å². The summed E-state index contributed by atoms with van der Waals surface area (Å²) in [7, 11) is -0.660. The Morgan fingerprint density at radius 2 is 1.58 bits per heavy atom. The minimum atomic E-state index is -4.67. The number of rotatable bonds is 9. The second kappa shape index (κ2) is 19.5. The van der Waals surface area contributed by atoms with Gasteiger partial charge in [0.1, 0.15) is 46.8 Å². The van der Waals surface area contributed by atoms with Crippen molar-refractivity contribution in [1.29, 1.82) is 0 Å². The minimum absolute atomic E-state index is 0. The molecule has 21 nitrogen and oxygen atoms in total. The highest BCUT2D eigenvalue weighted by Crippen LogP contribution is 2.78. The van der Waals surface area contributed by atoms with Crippen LogP contribution in [0.15, 0.2) is 11.6 Å². The van der Waals surface area contributed by atoms with Gasteiger partial charge in [0.2, 0.25) is 5.79 Å². The Morgan fingerprint density at radius 1 is 0.942 bits per heavy atom. The molecule has 5 saturated heterocycles. The summed E-state index contributed by atoms with van der Waals surface area (Å²) in [6.45, 7) is 14.8. The molecule has 1 spiro atoms. The third-order valence-corrected chi connectivity index (χ3v) is 17.7. The van der Waals surface area contributed by atoms with Crippen LogP contribution in [-0.4, -0.2) is 210 Å². The molecule has 23 heteroatoms. The first-order chi connectivity index (χ1) is 31.3. The van der Waals surface area contributed by atoms with E-state index >= 15 is 0 Å². The summed E-state index contributed by atoms with van der Waals surface area (Å²) in [4.78, 5) is 17.0. The van der Waals surface area contributed by atoms with Crippen molar-refractivity contribution >= 4 is 28.8 Å². The number of hydrogen-bond acceptors (Lipinski definition) is 19. The van der Waals surface area contributed by atoms with Crippen molar-refractivity contribution in [2.75, 3.05) is 46.9 Å². The van der Waals surface area contributed by atoms with E-state index in [2.05, 4.69) is 16.7 Å². The number of fused-ring (bicyclic) bond motifs is 6. The number of aliphatic hydroxyl groups is 8. The summed E-state index contributed by atoms with van der Waals surface area (Å²) in [5.74, 6) is -4.77. The van der Waals surface area contributed by atoms with Gasteiger partial charge < -0.3 is 74.2 Å². The number of piperidine rings is 2. The van der Waals surface area contributed by atoms with Crippen molar-refractivity contribution in [1.82, 2.24) is 9.80 Å². The van der Waals surface area contributed by atoms with Crippen molar-refractivity contribution in [2.24, 2.45) is 29.1 Å². The molecule has 9 rings (SSSR count). The Hall–Kier alpha value is -1.23. The molecular weight excluding hydrogens is 952 g/mol. The Bertz CT molecular complexity index is 2010. The van der Waals surface area contributed by atoms with Crippen LogP contribution >= 0.6 is 12.4 Å². The standard InChI is InChI=1S/C32H49NO9.C14H27NO6.ClH.H2O4S/c1-6-18(3)25(35)41-24-11-12-26(4)19-8-9-20-28(37)13-23(34)31(39)21(29(28,38)16-30(20,26)42-32(19,24)40)15-33-14-17(2)7-10-22(33)27(31,5)36;1-14(2)20-12-11(18-7-5-6-15(3)4)10(9(17)8-16)19-13(12)21-14;;1-5(2,3)4/h6,17,19-24,34,36-40H,7-16H2,1-5H3;9-13,16-17H,5-8H2,1-4H3;1H;(H2,1,2,3,4). The molecule has 10 N–H and O–H groups in total. The molecule has 9 aliphatic rings. The third-order valence-electron chi connectivity index (χ3n) is 17.7. The minimum Gasteiger partial charge on any atom is -0.453 e. The predicted octanol–water partition coefficient (Wildman–Crippen LogP) is 0.313. The summed E-state index contributed by atoms with van der Waals surface area (Å²) >= 11 is 0. The summed E-state index contributed by atoms with van der Waals surface area (Å²) < 4.78 is 67.2. The molecule has 0 aromatic rings. The number of esters is 1. The van der Waals surface area contributed by atoms with Gasteiger partial charge in [-0.05, 0) is 106 Å². The maximum absolute atomic E-state index is 12.9. The number of ether oxygens (including phenoxy) is 6. The smallest absolute Gasteiger partial charge is 0.394 e. The number of halogens is 1. The SMILES string of the molecule is CC=C(C)C(=O)OC1CCC2(C)C3CCC4C5(O)CC(O)C6(O)C(CN7CC(C)CCC7C6(C)O)C5(O)CC42OC13O.CN(C)CCCOC1C(C(O)CO)OC2OC(C)(C)OC21.Cl.O=S(=O)(O)O. The zero-order valence-corrected chi connectivity index (χ0v) is 42.9. The molecule has 19 unspecified atom stereocenters. The monoisotopic (exact) mass is 1030 g/mol. The van der Waals surface area contributed by atoms with Gasteiger partial charge >= 0.3 is 16.4 Å². The zero-order valence-electron chi connectivity index (χ0n) is 41.3. The average Bonchev–Trinajstić information content (AvgIpc) is 3.77. The third kappa shape index (κ3) is 9.28. The summed E-state index contributed by atoms with van der Waals surface area (Å²) in [5, 5.41) is 93.0. The van der Waals surface area contributed by atoms with E-state index in [1.54, 1.807) is 26.8 Å². The number of carbonyl (C=O) groups excluding carboxylic acids is 1. The average molecular weight is 1030 g/mol. The second-order valence-electron chi connectivity index (χ2n) is 22.4. The van der Waals surface area contributed by atoms with Crippen molar-refractivity contribution in [3.05, 3.63) is 11.6 Å². The van der Waals surface area contributed by atoms with Gasteiger partial charge in [-0.2, -0.15) is 8.42 Å². The summed E-state index contributed by atoms with van der Waals surface area (Å²) in [5.41, 5.74) is -8.96. The van der Waals surface area contributed by atoms with E-state index in [0.29, 0.717) is 56.7 Å². The lowest BCUT2D eigenvalue weighted by atomic mass is 9.49. The predicted molar refractivity (Wildman–Crippen MR) is 246 cm³/mol. The van der Waals surface area contributed by atoms with E-state index in [9.17, 15) is 40.5 Å². The Morgan fingerprint density at radius 3 is 2.19 bits per heavy atom. The van der Waals surface area contributed by atoms with Crippen molar-refractivity contribution < 1.29 is 91.6 Å². The van der Waals surface area contributed by atoms with Crippen LogP contribution in [-0.2, 0) is 43.6 Å². The van der Waals surface area contributed by atoms with E-state index in [1.165, 1.54) is 0 Å². The molecule has 9 fully saturated rings. The molecule has 0 aromatic carbocycles. The first-order valence-electron chi connectivity index (χ1n) is 24.1. The topological polar surface area (TPSA) is 315 Å². The normalized spacial score (nSPS) is 48.5. The van der Waals surface area contributed by atoms with Crippen LogP contribution in [0.1, 0.15) is 106 Å². The largest absolute Gasteiger partial charge is 0.453 e. The molecule has 4 aliphatic carbocycles. The maximum atomic E-state index is 12.9. The Labute approximate surface area is 411 Å². The molecule has 19 atom stereocenters. The van der Waals surface area contributed by atoms with Crippen LogP contribution < -0.4 is 0 Å². The quantitative estimate of drug-likeness (QED) is 0.0643. The van der Waals surface area contributed by atoms with Crippen LogP contribution in [0.2, 0.25) is 0 Å². The highest BCUT2D eigenvalue weighted by Gasteiger charge is 2.89. The Balaban J connectivity index is 0.000000243. The lowest BCUT2D eigenvalue weighted by Crippen LogP contribution is -2.85. The van der Waals surface area contributed by atoms with Gasteiger partial charge in [0.25, 0.3) is 0 Å². The van der Waals surface area contributed by atoms with E-state index < -0.39 is 116 Å². The highest BCUT2D eigenvalue weighted by molar-refractivity contribution is 7.79. The number of nitrogens with zero attached hydrogens (tertiary/aromatic N) is 2. The van der Waals surface area contributed by atoms with Crippen molar-refractivity contribution in [3.8, 4) is 0 Å². The van der Waals surface area contributed by atoms with Crippen molar-refractivity contribution in [3.63, 3.8) is 0 Å². The molecular formula is C46H79ClN2O19S. The van der Waals surface area contributed by atoms with Gasteiger partial charge in [0, 0.05) is 67.3 Å². The summed E-state index contributed by atoms with van der Waals surface area (Å²) in [6, 6.07) is -0.387. The molecule has 0 radical (unpaired) electrons. The van der Waals surface area contributed by atoms with Gasteiger partial charge in [-0.3, -0.25) is 14.0 Å². The molecule has 5 aliphatic heterocycles. The van der Waals surface area contributed by atoms with Crippen molar-refractivity contribution in [2.45, 2.75) is 195 Å². The summed E-state index contributed by atoms with van der Waals surface area (Å²) in [6.07, 6.45) is 0.124.